The third kappa shape index (κ3) is 5.00. The molecule has 4 rings (SSSR count). The van der Waals surface area contributed by atoms with Gasteiger partial charge in [0, 0.05) is 5.56 Å². The number of hydrogen-bond donors (Lipinski definition) is 0. The molecule has 0 spiro atoms. The van der Waals surface area contributed by atoms with Crippen molar-refractivity contribution in [3.63, 3.8) is 0 Å². The zero-order valence-electron chi connectivity index (χ0n) is 19.4. The summed E-state index contributed by atoms with van der Waals surface area (Å²) in [6, 6.07) is 6.45. The molecule has 2 aromatic carbocycles. The summed E-state index contributed by atoms with van der Waals surface area (Å²) in [4.78, 5) is 0. The number of benzene rings is 2. The van der Waals surface area contributed by atoms with Crippen molar-refractivity contribution < 1.29 is 17.9 Å². The van der Waals surface area contributed by atoms with E-state index in [0.717, 1.165) is 25.2 Å². The maximum Gasteiger partial charge on any atom is 0.201 e. The molecule has 0 saturated heterocycles. The van der Waals surface area contributed by atoms with E-state index in [4.69, 9.17) is 4.74 Å². The first-order valence-corrected chi connectivity index (χ1v) is 12.5. The second-order valence-electron chi connectivity index (χ2n) is 9.75. The Kier molecular flexibility index (Phi) is 7.48. The molecular weight excluding hydrogens is 409 g/mol. The van der Waals surface area contributed by atoms with Gasteiger partial charge in [0.15, 0.2) is 11.6 Å². The quantitative estimate of drug-likeness (QED) is 0.416. The van der Waals surface area contributed by atoms with E-state index in [1.165, 1.54) is 44.6 Å². The van der Waals surface area contributed by atoms with Gasteiger partial charge in [-0.05, 0) is 72.8 Å². The number of halogens is 3. The molecular formula is C28H35F3O. The molecule has 1 heterocycles. The first-order valence-electron chi connectivity index (χ1n) is 12.5. The van der Waals surface area contributed by atoms with Crippen LogP contribution < -0.4 is 4.74 Å². The lowest BCUT2D eigenvalue weighted by molar-refractivity contribution is 0.159. The van der Waals surface area contributed by atoms with Crippen LogP contribution in [-0.4, -0.2) is 6.10 Å². The van der Waals surface area contributed by atoms with Crippen molar-refractivity contribution in [1.29, 1.82) is 0 Å². The van der Waals surface area contributed by atoms with Crippen molar-refractivity contribution in [3.8, 4) is 16.9 Å². The lowest BCUT2D eigenvalue weighted by Crippen LogP contribution is -2.23. The van der Waals surface area contributed by atoms with Crippen LogP contribution >= 0.6 is 0 Å². The lowest BCUT2D eigenvalue weighted by Gasteiger charge is -2.28. The highest BCUT2D eigenvalue weighted by molar-refractivity contribution is 5.67. The van der Waals surface area contributed by atoms with E-state index in [0.29, 0.717) is 35.4 Å². The average molecular weight is 445 g/mol. The van der Waals surface area contributed by atoms with Gasteiger partial charge in [-0.1, -0.05) is 64.5 Å². The third-order valence-corrected chi connectivity index (χ3v) is 7.56. The minimum absolute atomic E-state index is 0.0232. The Morgan fingerprint density at radius 3 is 2.25 bits per heavy atom. The van der Waals surface area contributed by atoms with Gasteiger partial charge >= 0.3 is 0 Å². The fourth-order valence-electron chi connectivity index (χ4n) is 5.51. The van der Waals surface area contributed by atoms with Crippen LogP contribution in [0.25, 0.3) is 11.1 Å². The largest absolute Gasteiger partial charge is 0.487 e. The number of aryl methyl sites for hydroxylation is 2. The van der Waals surface area contributed by atoms with E-state index in [9.17, 15) is 13.2 Å². The SMILES string of the molecule is CCCC1CCC(CCc2ccc(-c3cc4c(c(F)c3F)OC(CC)CC4)cc2F)CC1. The second-order valence-corrected chi connectivity index (χ2v) is 9.75. The molecule has 1 aliphatic carbocycles. The van der Waals surface area contributed by atoms with E-state index in [2.05, 4.69) is 6.92 Å². The Bertz CT molecular complexity index is 931. The maximum atomic E-state index is 14.9. The molecule has 2 aromatic rings. The van der Waals surface area contributed by atoms with Crippen molar-refractivity contribution in [1.82, 2.24) is 0 Å². The highest BCUT2D eigenvalue weighted by Gasteiger charge is 2.27. The third-order valence-electron chi connectivity index (χ3n) is 7.56. The number of rotatable bonds is 7. The first kappa shape index (κ1) is 23.2. The van der Waals surface area contributed by atoms with Gasteiger partial charge in [-0.15, -0.1) is 0 Å². The standard InChI is InChI=1S/C28H35F3O/c1-3-5-18-6-8-19(9-7-18)10-11-20-12-13-21(17-25(20)29)24-16-22-14-15-23(4-2)32-28(22)27(31)26(24)30/h12-13,16-19,23H,3-11,14-15H2,1-2H3. The predicted octanol–water partition coefficient (Wildman–Crippen LogP) is 8.41. The van der Waals surface area contributed by atoms with Crippen molar-refractivity contribution in [3.05, 3.63) is 52.8 Å². The van der Waals surface area contributed by atoms with E-state index >= 15 is 0 Å². The monoisotopic (exact) mass is 444 g/mol. The normalized spacial score (nSPS) is 23.0. The molecule has 0 aromatic heterocycles. The molecule has 1 atom stereocenters. The van der Waals surface area contributed by atoms with Crippen molar-refractivity contribution in [2.45, 2.75) is 90.6 Å². The molecule has 174 valence electrons. The Balaban J connectivity index is 1.45. The van der Waals surface area contributed by atoms with Gasteiger partial charge in [0.05, 0.1) is 6.10 Å². The first-order chi connectivity index (χ1) is 15.5. The van der Waals surface area contributed by atoms with E-state index in [-0.39, 0.29) is 23.2 Å². The smallest absolute Gasteiger partial charge is 0.201 e. The number of ether oxygens (including phenoxy) is 1. The molecule has 1 unspecified atom stereocenters. The summed E-state index contributed by atoms with van der Waals surface area (Å²) in [6.45, 7) is 4.22. The lowest BCUT2D eigenvalue weighted by atomic mass is 9.78. The fourth-order valence-corrected chi connectivity index (χ4v) is 5.51. The highest BCUT2D eigenvalue weighted by atomic mass is 19.2. The van der Waals surface area contributed by atoms with E-state index in [1.54, 1.807) is 18.2 Å². The predicted molar refractivity (Wildman–Crippen MR) is 123 cm³/mol. The van der Waals surface area contributed by atoms with Crippen LogP contribution in [0.3, 0.4) is 0 Å². The minimum Gasteiger partial charge on any atom is -0.487 e. The minimum atomic E-state index is -0.962. The molecule has 2 aliphatic rings. The summed E-state index contributed by atoms with van der Waals surface area (Å²) in [6.07, 6.45) is 11.4. The Morgan fingerprint density at radius 2 is 1.59 bits per heavy atom. The van der Waals surface area contributed by atoms with Crippen LogP contribution in [0, 0.1) is 29.3 Å². The van der Waals surface area contributed by atoms with Crippen LogP contribution in [0.15, 0.2) is 24.3 Å². The average Bonchev–Trinajstić information content (AvgIpc) is 2.81. The van der Waals surface area contributed by atoms with Crippen molar-refractivity contribution >= 4 is 0 Å². The molecule has 0 bridgehead atoms. The molecule has 0 radical (unpaired) electrons. The van der Waals surface area contributed by atoms with Gasteiger partial charge in [0.1, 0.15) is 5.82 Å². The summed E-state index contributed by atoms with van der Waals surface area (Å²) >= 11 is 0. The van der Waals surface area contributed by atoms with Gasteiger partial charge < -0.3 is 4.74 Å². The highest BCUT2D eigenvalue weighted by Crippen LogP contribution is 2.39. The summed E-state index contributed by atoms with van der Waals surface area (Å²) in [5, 5.41) is 0. The second kappa shape index (κ2) is 10.3. The van der Waals surface area contributed by atoms with Gasteiger partial charge in [-0.2, -0.15) is 4.39 Å². The topological polar surface area (TPSA) is 9.23 Å². The summed E-state index contributed by atoms with van der Waals surface area (Å²) in [7, 11) is 0. The molecule has 1 nitrogen and oxygen atoms in total. The van der Waals surface area contributed by atoms with Crippen molar-refractivity contribution in [2.75, 3.05) is 0 Å². The van der Waals surface area contributed by atoms with Gasteiger partial charge in [0.2, 0.25) is 5.82 Å². The number of hydrogen-bond acceptors (Lipinski definition) is 1. The molecule has 1 fully saturated rings. The van der Waals surface area contributed by atoms with Gasteiger partial charge in [-0.25, -0.2) is 8.78 Å². The zero-order valence-corrected chi connectivity index (χ0v) is 19.4. The zero-order chi connectivity index (χ0) is 22.7. The Labute approximate surface area is 190 Å². The Morgan fingerprint density at radius 1 is 0.875 bits per heavy atom. The van der Waals surface area contributed by atoms with Gasteiger partial charge in [-0.3, -0.25) is 0 Å². The molecule has 1 saturated carbocycles. The molecule has 4 heteroatoms. The van der Waals surface area contributed by atoms with Crippen LogP contribution in [0.1, 0.15) is 82.8 Å². The van der Waals surface area contributed by atoms with Crippen LogP contribution in [0.4, 0.5) is 13.2 Å². The fraction of sp³-hybridized carbons (Fsp3) is 0.571. The Hall–Kier alpha value is -1.97. The van der Waals surface area contributed by atoms with Gasteiger partial charge in [0.25, 0.3) is 0 Å². The summed E-state index contributed by atoms with van der Waals surface area (Å²) < 4.78 is 50.1. The van der Waals surface area contributed by atoms with Crippen LogP contribution in [0.5, 0.6) is 5.75 Å². The van der Waals surface area contributed by atoms with E-state index in [1.807, 2.05) is 6.92 Å². The van der Waals surface area contributed by atoms with Crippen LogP contribution in [-0.2, 0) is 12.8 Å². The molecule has 32 heavy (non-hydrogen) atoms. The molecule has 0 N–H and O–H groups in total. The molecule has 0 amide bonds. The van der Waals surface area contributed by atoms with Crippen molar-refractivity contribution in [2.24, 2.45) is 11.8 Å². The van der Waals surface area contributed by atoms with E-state index < -0.39 is 11.6 Å². The van der Waals surface area contributed by atoms with Crippen LogP contribution in [0.2, 0.25) is 0 Å². The summed E-state index contributed by atoms with van der Waals surface area (Å²) in [5.74, 6) is -0.689. The summed E-state index contributed by atoms with van der Waals surface area (Å²) in [5.41, 5.74) is 1.81. The maximum absolute atomic E-state index is 14.9. The number of fused-ring (bicyclic) bond motifs is 1. The molecule has 1 aliphatic heterocycles.